The summed E-state index contributed by atoms with van der Waals surface area (Å²) in [6, 6.07) is 24.0. The second kappa shape index (κ2) is 10.7. The Morgan fingerprint density at radius 2 is 0.800 bits per heavy atom. The molecule has 45 heavy (non-hydrogen) atoms. The highest BCUT2D eigenvalue weighted by molar-refractivity contribution is 6.29. The van der Waals surface area contributed by atoms with Crippen LogP contribution in [0.25, 0.3) is 0 Å². The number of nitrogens with zero attached hydrogens (tertiary/aromatic N) is 2. The van der Waals surface area contributed by atoms with Gasteiger partial charge in [0.1, 0.15) is 23.0 Å². The quantitative estimate of drug-likeness (QED) is 0.250. The van der Waals surface area contributed by atoms with E-state index in [0.717, 1.165) is 11.1 Å². The monoisotopic (exact) mass is 602 g/mol. The predicted octanol–water partition coefficient (Wildman–Crippen LogP) is 5.88. The molecule has 10 nitrogen and oxygen atoms in total. The number of rotatable bonds is 6. The van der Waals surface area contributed by atoms with Gasteiger partial charge in [0.05, 0.1) is 22.3 Å². The maximum Gasteiger partial charge on any atom is 0.268 e. The first-order chi connectivity index (χ1) is 21.4. The summed E-state index contributed by atoms with van der Waals surface area (Å²) in [5.41, 5.74) is 2.19. The normalized spacial score (nSPS) is 14.0. The van der Waals surface area contributed by atoms with Crippen molar-refractivity contribution in [3.05, 3.63) is 118 Å². The zero-order valence-corrected chi connectivity index (χ0v) is 24.7. The first kappa shape index (κ1) is 29.2. The third-order valence-electron chi connectivity index (χ3n) is 7.97. The number of carbonyl (C=O) groups is 6. The van der Waals surface area contributed by atoms with Crippen molar-refractivity contribution >= 4 is 35.4 Å². The highest BCUT2D eigenvalue weighted by atomic mass is 16.5. The number of imide groups is 6. The molecule has 0 N–H and O–H groups in total. The molecule has 4 aromatic carbocycles. The van der Waals surface area contributed by atoms with Gasteiger partial charge in [-0.05, 0) is 71.8 Å². The van der Waals surface area contributed by atoms with Crippen molar-refractivity contribution in [1.82, 2.24) is 9.80 Å². The molecular formula is C35H26N2O8. The molecule has 0 atom stereocenters. The van der Waals surface area contributed by atoms with Crippen LogP contribution in [0.2, 0.25) is 0 Å². The molecule has 4 aromatic rings. The Bertz CT molecular complexity index is 1820. The van der Waals surface area contributed by atoms with Crippen molar-refractivity contribution in [2.45, 2.75) is 33.1 Å². The number of amides is 6. The zero-order valence-electron chi connectivity index (χ0n) is 24.7. The highest BCUT2D eigenvalue weighted by Gasteiger charge is 2.39. The molecule has 224 valence electrons. The molecule has 0 fully saturated rings. The Hall–Kier alpha value is -5.90. The number of fused-ring (bicyclic) bond motifs is 2. The Morgan fingerprint density at radius 3 is 1.13 bits per heavy atom. The van der Waals surface area contributed by atoms with E-state index >= 15 is 0 Å². The van der Waals surface area contributed by atoms with Gasteiger partial charge in [-0.2, -0.15) is 0 Å². The van der Waals surface area contributed by atoms with Gasteiger partial charge in [0.25, 0.3) is 23.6 Å². The van der Waals surface area contributed by atoms with Crippen LogP contribution in [-0.2, 0) is 15.0 Å². The van der Waals surface area contributed by atoms with Crippen LogP contribution in [-0.4, -0.2) is 45.2 Å². The molecule has 2 heterocycles. The molecule has 2 aliphatic heterocycles. The van der Waals surface area contributed by atoms with Crippen molar-refractivity contribution in [3.8, 4) is 23.0 Å². The van der Waals surface area contributed by atoms with Crippen LogP contribution >= 0.6 is 0 Å². The molecule has 0 saturated carbocycles. The van der Waals surface area contributed by atoms with Crippen molar-refractivity contribution in [1.29, 1.82) is 0 Å². The van der Waals surface area contributed by atoms with Crippen LogP contribution in [0.4, 0.5) is 0 Å². The second-order valence-electron chi connectivity index (χ2n) is 11.2. The molecule has 0 bridgehead atoms. The predicted molar refractivity (Wildman–Crippen MR) is 160 cm³/mol. The Labute approximate surface area is 257 Å². The van der Waals surface area contributed by atoms with Crippen molar-refractivity contribution in [3.63, 3.8) is 0 Å². The van der Waals surface area contributed by atoms with Gasteiger partial charge in [0.2, 0.25) is 11.8 Å². The lowest BCUT2D eigenvalue weighted by Crippen LogP contribution is -2.33. The van der Waals surface area contributed by atoms with E-state index in [-0.39, 0.29) is 22.3 Å². The average molecular weight is 603 g/mol. The molecule has 0 radical (unpaired) electrons. The van der Waals surface area contributed by atoms with Gasteiger partial charge in [-0.3, -0.25) is 28.8 Å². The van der Waals surface area contributed by atoms with Crippen LogP contribution in [0.5, 0.6) is 23.0 Å². The molecule has 6 amide bonds. The van der Waals surface area contributed by atoms with E-state index in [9.17, 15) is 28.8 Å². The van der Waals surface area contributed by atoms with E-state index in [0.29, 0.717) is 32.8 Å². The number of carbonyl (C=O) groups excluding carboxylic acids is 6. The second-order valence-corrected chi connectivity index (χ2v) is 11.2. The van der Waals surface area contributed by atoms with Crippen LogP contribution < -0.4 is 9.47 Å². The first-order valence-corrected chi connectivity index (χ1v) is 14.0. The smallest absolute Gasteiger partial charge is 0.268 e. The lowest BCUT2D eigenvalue weighted by atomic mass is 9.78. The summed E-state index contributed by atoms with van der Waals surface area (Å²) in [6.07, 6.45) is 0. The van der Waals surface area contributed by atoms with Crippen LogP contribution in [0, 0.1) is 0 Å². The van der Waals surface area contributed by atoms with Crippen molar-refractivity contribution in [2.75, 3.05) is 0 Å². The average Bonchev–Trinajstić information content (AvgIpc) is 3.41. The molecule has 0 unspecified atom stereocenters. The number of ether oxygens (including phenoxy) is 2. The summed E-state index contributed by atoms with van der Waals surface area (Å²) in [5.74, 6) is -2.11. The molecule has 0 saturated heterocycles. The largest absolute Gasteiger partial charge is 0.457 e. The number of benzene rings is 4. The minimum absolute atomic E-state index is 0.122. The molecule has 0 aromatic heterocycles. The fourth-order valence-corrected chi connectivity index (χ4v) is 5.46. The van der Waals surface area contributed by atoms with Gasteiger partial charge < -0.3 is 9.47 Å². The standard InChI is InChI=1S/C35H26N2O8/c1-19(38)36-31(40)27-15-13-25(17-29(27)33(36)42)44-23-9-5-21(6-10-23)35(3,4)22-7-11-24(12-8-22)45-26-14-16-28-30(18-26)34(43)37(20(2)39)32(28)41/h5-18H,1-4H3. The topological polar surface area (TPSA) is 127 Å². The van der Waals surface area contributed by atoms with E-state index in [4.69, 9.17) is 9.47 Å². The zero-order chi connectivity index (χ0) is 32.2. The van der Waals surface area contributed by atoms with E-state index in [1.54, 1.807) is 12.1 Å². The Kier molecular flexibility index (Phi) is 6.92. The van der Waals surface area contributed by atoms with Gasteiger partial charge in [-0.1, -0.05) is 38.1 Å². The molecular weight excluding hydrogens is 576 g/mol. The van der Waals surface area contributed by atoms with Crippen molar-refractivity contribution < 1.29 is 38.2 Å². The maximum atomic E-state index is 12.5. The summed E-state index contributed by atoms with van der Waals surface area (Å²) >= 11 is 0. The van der Waals surface area contributed by atoms with E-state index in [1.165, 1.54) is 38.1 Å². The van der Waals surface area contributed by atoms with E-state index in [1.807, 2.05) is 48.5 Å². The SMILES string of the molecule is CC(=O)N1C(=O)c2ccc(Oc3ccc(C(C)(C)c4ccc(Oc5ccc6c(c5)C(=O)N(C(C)=O)C6=O)cc4)cc3)cc2C1=O. The summed E-state index contributed by atoms with van der Waals surface area (Å²) in [7, 11) is 0. The van der Waals surface area contributed by atoms with Gasteiger partial charge in [-0.15, -0.1) is 0 Å². The summed E-state index contributed by atoms with van der Waals surface area (Å²) in [6.45, 7) is 6.49. The summed E-state index contributed by atoms with van der Waals surface area (Å²) in [4.78, 5) is 74.4. The molecule has 6 rings (SSSR count). The van der Waals surface area contributed by atoms with Gasteiger partial charge in [0.15, 0.2) is 0 Å². The van der Waals surface area contributed by atoms with E-state index < -0.39 is 40.9 Å². The highest BCUT2D eigenvalue weighted by Crippen LogP contribution is 2.36. The van der Waals surface area contributed by atoms with Gasteiger partial charge in [-0.25, -0.2) is 9.80 Å². The molecule has 0 spiro atoms. The van der Waals surface area contributed by atoms with Gasteiger partial charge in [0, 0.05) is 19.3 Å². The minimum atomic E-state index is -0.665. The van der Waals surface area contributed by atoms with Gasteiger partial charge >= 0.3 is 0 Å². The maximum absolute atomic E-state index is 12.5. The Balaban J connectivity index is 1.14. The molecule has 2 aliphatic rings. The molecule has 0 aliphatic carbocycles. The van der Waals surface area contributed by atoms with Crippen LogP contribution in [0.3, 0.4) is 0 Å². The summed E-state index contributed by atoms with van der Waals surface area (Å²) < 4.78 is 11.9. The van der Waals surface area contributed by atoms with Crippen LogP contribution in [0.15, 0.2) is 84.9 Å². The third kappa shape index (κ3) is 4.96. The number of hydrogen-bond acceptors (Lipinski definition) is 8. The van der Waals surface area contributed by atoms with Crippen molar-refractivity contribution in [2.24, 2.45) is 0 Å². The summed E-state index contributed by atoms with van der Waals surface area (Å²) in [5, 5.41) is 0. The lowest BCUT2D eigenvalue weighted by molar-refractivity contribution is -0.125. The third-order valence-corrected chi connectivity index (χ3v) is 7.97. The van der Waals surface area contributed by atoms with Crippen LogP contribution in [0.1, 0.15) is 80.3 Å². The fourth-order valence-electron chi connectivity index (χ4n) is 5.46. The fraction of sp³-hybridized carbons (Fsp3) is 0.143. The van der Waals surface area contributed by atoms with E-state index in [2.05, 4.69) is 13.8 Å². The Morgan fingerprint density at radius 1 is 0.489 bits per heavy atom. The molecule has 10 heteroatoms. The lowest BCUT2D eigenvalue weighted by Gasteiger charge is -2.26. The number of hydrogen-bond donors (Lipinski definition) is 0. The first-order valence-electron chi connectivity index (χ1n) is 14.0. The minimum Gasteiger partial charge on any atom is -0.457 e.